The number of carbonyl (C=O) groups excluding carboxylic acids is 1. The molecule has 0 aromatic heterocycles. The van der Waals surface area contributed by atoms with Gasteiger partial charge in [0, 0.05) is 18.7 Å². The molecule has 1 aromatic carbocycles. The summed E-state index contributed by atoms with van der Waals surface area (Å²) in [6.45, 7) is 10.8. The van der Waals surface area contributed by atoms with E-state index in [0.717, 1.165) is 49.7 Å². The third-order valence-electron chi connectivity index (χ3n) is 8.30. The highest BCUT2D eigenvalue weighted by molar-refractivity contribution is 5.92. The first-order valence-electron chi connectivity index (χ1n) is 16.6. The van der Waals surface area contributed by atoms with Gasteiger partial charge in [-0.15, -0.1) is 0 Å². The van der Waals surface area contributed by atoms with Crippen LogP contribution in [-0.2, 0) is 4.79 Å². The molecule has 0 saturated heterocycles. The highest BCUT2D eigenvalue weighted by Crippen LogP contribution is 2.29. The zero-order valence-electron chi connectivity index (χ0n) is 26.4. The minimum atomic E-state index is -0.0188. The smallest absolute Gasteiger partial charge is 0.244 e. The van der Waals surface area contributed by atoms with Crippen LogP contribution in [0.15, 0.2) is 24.3 Å². The van der Waals surface area contributed by atoms with E-state index in [1.54, 1.807) is 13.2 Å². The van der Waals surface area contributed by atoms with Gasteiger partial charge in [0.2, 0.25) is 5.91 Å². The fourth-order valence-corrected chi connectivity index (χ4v) is 5.58. The summed E-state index contributed by atoms with van der Waals surface area (Å²) >= 11 is 0. The molecule has 5 nitrogen and oxygen atoms in total. The number of rotatable bonds is 22. The average Bonchev–Trinajstić information content (AvgIpc) is 2.96. The Hall–Kier alpha value is -2.01. The third-order valence-corrected chi connectivity index (χ3v) is 8.30. The van der Waals surface area contributed by atoms with E-state index in [0.29, 0.717) is 18.4 Å². The molecule has 1 N–H and O–H groups in total. The van der Waals surface area contributed by atoms with E-state index in [4.69, 9.17) is 9.47 Å². The summed E-state index contributed by atoms with van der Waals surface area (Å²) in [5, 5.41) is 3.16. The highest BCUT2D eigenvalue weighted by atomic mass is 16.5. The minimum Gasteiger partial charge on any atom is -0.493 e. The topological polar surface area (TPSA) is 50.8 Å². The van der Waals surface area contributed by atoms with Gasteiger partial charge in [0.25, 0.3) is 0 Å². The molecule has 0 radical (unpaired) electrons. The van der Waals surface area contributed by atoms with Crippen molar-refractivity contribution in [2.24, 2.45) is 5.92 Å². The number of amides is 1. The first-order chi connectivity index (χ1) is 19.5. The van der Waals surface area contributed by atoms with Crippen LogP contribution in [0.5, 0.6) is 11.5 Å². The Balaban J connectivity index is 1.81. The van der Waals surface area contributed by atoms with Gasteiger partial charge in [0.15, 0.2) is 11.5 Å². The number of unbranched alkanes of at least 4 members (excludes halogenated alkanes) is 10. The average molecular weight is 557 g/mol. The number of nitrogens with zero attached hydrogens (tertiary/aromatic N) is 1. The van der Waals surface area contributed by atoms with Gasteiger partial charge in [-0.3, -0.25) is 9.69 Å². The number of nitrogens with one attached hydrogen (secondary N) is 1. The highest BCUT2D eigenvalue weighted by Gasteiger charge is 2.18. The predicted octanol–water partition coefficient (Wildman–Crippen LogP) is 8.81. The Morgan fingerprint density at radius 2 is 1.45 bits per heavy atom. The number of carbonyl (C=O) groups is 1. The first-order valence-corrected chi connectivity index (χ1v) is 16.6. The van der Waals surface area contributed by atoms with Gasteiger partial charge in [0.05, 0.1) is 7.11 Å². The maximum atomic E-state index is 12.4. The Morgan fingerprint density at radius 1 is 0.850 bits per heavy atom. The van der Waals surface area contributed by atoms with Crippen molar-refractivity contribution >= 4 is 12.0 Å². The van der Waals surface area contributed by atoms with Crippen LogP contribution in [0.4, 0.5) is 0 Å². The van der Waals surface area contributed by atoms with Crippen LogP contribution in [-0.4, -0.2) is 50.2 Å². The number of hydrogen-bond donors (Lipinski definition) is 1. The van der Waals surface area contributed by atoms with Crippen LogP contribution in [0, 0.1) is 5.92 Å². The maximum absolute atomic E-state index is 12.4. The quantitative estimate of drug-likeness (QED) is 0.114. The maximum Gasteiger partial charge on any atom is 0.244 e. The summed E-state index contributed by atoms with van der Waals surface area (Å²) in [6, 6.07) is 6.21. The van der Waals surface area contributed by atoms with Crippen molar-refractivity contribution in [2.75, 3.05) is 33.4 Å². The van der Waals surface area contributed by atoms with Gasteiger partial charge in [-0.25, -0.2) is 0 Å². The SMILES string of the molecule is CCCCCCCCN(CCCCCCCC)CCOc1ccc(C=CC(=O)N[C@H]2CC[C@H](C)CC2)cc1OC. The Bertz CT molecular complexity index is 801. The molecule has 0 heterocycles. The molecule has 2 rings (SSSR count). The molecular formula is C35H60N2O3. The molecule has 0 unspecified atom stereocenters. The van der Waals surface area contributed by atoms with Crippen LogP contribution >= 0.6 is 0 Å². The van der Waals surface area contributed by atoms with E-state index in [2.05, 4.69) is 31.0 Å². The summed E-state index contributed by atoms with van der Waals surface area (Å²) in [5.41, 5.74) is 0.935. The Morgan fingerprint density at radius 3 is 2.05 bits per heavy atom. The van der Waals surface area contributed by atoms with Crippen molar-refractivity contribution in [1.29, 1.82) is 0 Å². The first kappa shape index (κ1) is 34.2. The van der Waals surface area contributed by atoms with Gasteiger partial charge < -0.3 is 14.8 Å². The molecule has 1 aromatic rings. The van der Waals surface area contributed by atoms with E-state index in [1.807, 2.05) is 24.3 Å². The molecule has 1 fully saturated rings. The Kier molecular flexibility index (Phi) is 18.5. The van der Waals surface area contributed by atoms with Crippen molar-refractivity contribution in [3.05, 3.63) is 29.8 Å². The fraction of sp³-hybridized carbons (Fsp3) is 0.743. The molecule has 0 bridgehead atoms. The number of benzene rings is 1. The minimum absolute atomic E-state index is 0.0188. The lowest BCUT2D eigenvalue weighted by atomic mass is 9.87. The molecule has 1 saturated carbocycles. The fourth-order valence-electron chi connectivity index (χ4n) is 5.58. The number of methoxy groups -OCH3 is 1. The van der Waals surface area contributed by atoms with Gasteiger partial charge in [0.1, 0.15) is 6.61 Å². The molecule has 0 spiro atoms. The lowest BCUT2D eigenvalue weighted by Crippen LogP contribution is -2.36. The molecule has 5 heteroatoms. The van der Waals surface area contributed by atoms with Crippen LogP contribution in [0.25, 0.3) is 6.08 Å². The molecule has 1 aliphatic carbocycles. The van der Waals surface area contributed by atoms with Gasteiger partial charge >= 0.3 is 0 Å². The monoisotopic (exact) mass is 556 g/mol. The summed E-state index contributed by atoms with van der Waals surface area (Å²) in [6.07, 6.45) is 24.0. The van der Waals surface area contributed by atoms with E-state index >= 15 is 0 Å². The zero-order valence-corrected chi connectivity index (χ0v) is 26.4. The Labute approximate surface area is 246 Å². The van der Waals surface area contributed by atoms with Crippen LogP contribution < -0.4 is 14.8 Å². The second kappa shape index (κ2) is 21.7. The van der Waals surface area contributed by atoms with E-state index < -0.39 is 0 Å². The molecular weight excluding hydrogens is 496 g/mol. The van der Waals surface area contributed by atoms with Crippen molar-refractivity contribution in [1.82, 2.24) is 10.2 Å². The molecule has 40 heavy (non-hydrogen) atoms. The number of ether oxygens (including phenoxy) is 2. The molecule has 228 valence electrons. The number of hydrogen-bond acceptors (Lipinski definition) is 4. The summed E-state index contributed by atoms with van der Waals surface area (Å²) in [7, 11) is 1.68. The van der Waals surface area contributed by atoms with Crippen LogP contribution in [0.3, 0.4) is 0 Å². The molecule has 1 aliphatic rings. The molecule has 0 atom stereocenters. The predicted molar refractivity (Wildman–Crippen MR) is 170 cm³/mol. The molecule has 1 amide bonds. The second-order valence-electron chi connectivity index (χ2n) is 11.9. The zero-order chi connectivity index (χ0) is 28.8. The summed E-state index contributed by atoms with van der Waals surface area (Å²) in [4.78, 5) is 15.0. The lowest BCUT2D eigenvalue weighted by molar-refractivity contribution is -0.117. The van der Waals surface area contributed by atoms with Crippen molar-refractivity contribution < 1.29 is 14.3 Å². The summed E-state index contributed by atoms with van der Waals surface area (Å²) in [5.74, 6) is 2.23. The lowest BCUT2D eigenvalue weighted by Gasteiger charge is -2.26. The van der Waals surface area contributed by atoms with E-state index in [9.17, 15) is 4.79 Å². The second-order valence-corrected chi connectivity index (χ2v) is 11.9. The molecule has 0 aliphatic heterocycles. The van der Waals surface area contributed by atoms with Gasteiger partial charge in [-0.2, -0.15) is 0 Å². The van der Waals surface area contributed by atoms with Gasteiger partial charge in [-0.1, -0.05) is 91.0 Å². The summed E-state index contributed by atoms with van der Waals surface area (Å²) < 4.78 is 11.8. The van der Waals surface area contributed by atoms with E-state index in [-0.39, 0.29) is 5.91 Å². The van der Waals surface area contributed by atoms with Crippen LogP contribution in [0.2, 0.25) is 0 Å². The third kappa shape index (κ3) is 15.1. The van der Waals surface area contributed by atoms with Crippen molar-refractivity contribution in [2.45, 2.75) is 130 Å². The van der Waals surface area contributed by atoms with Crippen molar-refractivity contribution in [3.8, 4) is 11.5 Å². The van der Waals surface area contributed by atoms with Gasteiger partial charge in [-0.05, 0) is 81.3 Å². The standard InChI is InChI=1S/C35H60N2O3/c1-5-7-9-11-13-15-25-37(26-16-14-12-10-8-6-2)27-28-40-33-23-19-31(29-34(33)39-4)20-24-35(38)36-32-21-17-30(3)18-22-32/h19-20,23-24,29-30,32H,5-18,21-22,25-28H2,1-4H3,(H,36,38)/t30-,32-. The van der Waals surface area contributed by atoms with Crippen molar-refractivity contribution in [3.63, 3.8) is 0 Å². The van der Waals surface area contributed by atoms with E-state index in [1.165, 1.54) is 89.9 Å². The van der Waals surface area contributed by atoms with Crippen LogP contribution in [0.1, 0.15) is 129 Å². The normalized spacial score (nSPS) is 17.4. The largest absolute Gasteiger partial charge is 0.493 e.